The average molecular weight is 565 g/mol. The molecule has 1 amide bonds. The Kier molecular flexibility index (Phi) is 9.92. The lowest BCUT2D eigenvalue weighted by atomic mass is 9.73. The molecule has 10 heteroatoms. The molecule has 2 aromatic carbocycles. The largest absolute Gasteiger partial charge is 0.487 e. The number of fused-ring (bicyclic) bond motifs is 2. The number of aliphatic hydroxyl groups excluding tert-OH is 1. The number of hydrogen-bond donors (Lipinski definition) is 2. The molecule has 38 heavy (non-hydrogen) atoms. The van der Waals surface area contributed by atoms with Crippen molar-refractivity contribution in [3.8, 4) is 5.75 Å². The van der Waals surface area contributed by atoms with E-state index in [0.717, 1.165) is 63.1 Å². The summed E-state index contributed by atoms with van der Waals surface area (Å²) in [5, 5.41) is 9.68. The van der Waals surface area contributed by atoms with E-state index < -0.39 is 15.9 Å². The minimum atomic E-state index is -3.85. The molecule has 0 aromatic heterocycles. The van der Waals surface area contributed by atoms with Gasteiger partial charge in [0.1, 0.15) is 12.4 Å². The first-order valence-corrected chi connectivity index (χ1v) is 15.3. The Morgan fingerprint density at radius 1 is 1.16 bits per heavy atom. The van der Waals surface area contributed by atoms with Crippen LogP contribution in [0.3, 0.4) is 0 Å². The van der Waals surface area contributed by atoms with Gasteiger partial charge in [-0.1, -0.05) is 17.7 Å². The number of benzene rings is 2. The molecule has 8 nitrogen and oxygen atoms in total. The van der Waals surface area contributed by atoms with Gasteiger partial charge in [0.05, 0.1) is 11.4 Å². The maximum Gasteiger partial charge on any atom is 0.264 e. The summed E-state index contributed by atoms with van der Waals surface area (Å²) in [4.78, 5) is 15.2. The van der Waals surface area contributed by atoms with Gasteiger partial charge in [0.25, 0.3) is 5.91 Å². The smallest absolute Gasteiger partial charge is 0.264 e. The van der Waals surface area contributed by atoms with E-state index in [0.29, 0.717) is 29.2 Å². The fourth-order valence-electron chi connectivity index (χ4n) is 5.18. The van der Waals surface area contributed by atoms with Gasteiger partial charge in [-0.25, -0.2) is 13.1 Å². The van der Waals surface area contributed by atoms with E-state index in [2.05, 4.69) is 9.62 Å². The van der Waals surface area contributed by atoms with Crippen LogP contribution >= 0.6 is 11.6 Å². The van der Waals surface area contributed by atoms with E-state index in [9.17, 15) is 13.2 Å². The van der Waals surface area contributed by atoms with Crippen molar-refractivity contribution in [2.45, 2.75) is 45.1 Å². The number of carbonyl (C=O) groups is 1. The van der Waals surface area contributed by atoms with Crippen LogP contribution in [-0.4, -0.2) is 58.6 Å². The van der Waals surface area contributed by atoms with Crippen LogP contribution in [0.15, 0.2) is 36.4 Å². The van der Waals surface area contributed by atoms with Crippen molar-refractivity contribution < 1.29 is 27.8 Å². The standard InChI is InChI=1S/C28H37ClN2O6S/c1-36-18-23-7-6-22(23)17-31-12-3-2-5-20-15-25(29)10-8-24(20)19-37-27-11-9-21(16-26(27)31)28(33)30-38(34,35)14-4-13-32/h8-11,15-16,22-23,32H,2-7,12-14,17-19H2,1H3,(H,30,33)/t22-,23-/m0/s1. The number of nitrogens with zero attached hydrogens (tertiary/aromatic N) is 1. The number of halogens is 1. The fraction of sp³-hybridized carbons (Fsp3) is 0.536. The minimum Gasteiger partial charge on any atom is -0.487 e. The van der Waals surface area contributed by atoms with Gasteiger partial charge in [0.15, 0.2) is 0 Å². The van der Waals surface area contributed by atoms with Gasteiger partial charge in [-0.3, -0.25) is 4.79 Å². The molecule has 0 saturated heterocycles. The third-order valence-electron chi connectivity index (χ3n) is 7.47. The highest BCUT2D eigenvalue weighted by atomic mass is 35.5. The van der Waals surface area contributed by atoms with Gasteiger partial charge in [0, 0.05) is 44.0 Å². The van der Waals surface area contributed by atoms with Crippen LogP contribution in [0.1, 0.15) is 53.6 Å². The van der Waals surface area contributed by atoms with Crippen LogP contribution < -0.4 is 14.4 Å². The number of anilines is 1. The molecular formula is C28H37ClN2O6S. The summed E-state index contributed by atoms with van der Waals surface area (Å²) in [6.45, 7) is 2.42. The topological polar surface area (TPSA) is 105 Å². The number of rotatable bonds is 9. The van der Waals surface area contributed by atoms with Crippen LogP contribution in [0.2, 0.25) is 5.02 Å². The second-order valence-corrected chi connectivity index (χ2v) is 12.4. The van der Waals surface area contributed by atoms with Crippen LogP contribution in [0.25, 0.3) is 0 Å². The van der Waals surface area contributed by atoms with E-state index in [-0.39, 0.29) is 24.3 Å². The molecule has 1 heterocycles. The molecule has 0 bridgehead atoms. The third-order valence-corrected chi connectivity index (χ3v) is 9.03. The number of hydrogen-bond acceptors (Lipinski definition) is 7. The number of methoxy groups -OCH3 is 1. The monoisotopic (exact) mass is 564 g/mol. The van der Waals surface area contributed by atoms with Crippen LogP contribution in [-0.2, 0) is 27.8 Å². The molecule has 1 saturated carbocycles. The number of amides is 1. The molecular weight excluding hydrogens is 528 g/mol. The molecule has 2 aromatic rings. The van der Waals surface area contributed by atoms with Crippen molar-refractivity contribution >= 4 is 33.2 Å². The molecule has 2 atom stereocenters. The van der Waals surface area contributed by atoms with E-state index >= 15 is 0 Å². The average Bonchev–Trinajstić information content (AvgIpc) is 2.91. The van der Waals surface area contributed by atoms with Crippen molar-refractivity contribution in [2.75, 3.05) is 44.1 Å². The zero-order valence-electron chi connectivity index (χ0n) is 21.8. The molecule has 0 radical (unpaired) electrons. The van der Waals surface area contributed by atoms with Crippen molar-refractivity contribution in [1.29, 1.82) is 0 Å². The molecule has 2 N–H and O–H groups in total. The Hall–Kier alpha value is -2.33. The van der Waals surface area contributed by atoms with E-state index in [4.69, 9.17) is 26.2 Å². The molecule has 1 aliphatic carbocycles. The Morgan fingerprint density at radius 3 is 2.71 bits per heavy atom. The molecule has 0 unspecified atom stereocenters. The first kappa shape index (κ1) is 28.7. The Morgan fingerprint density at radius 2 is 1.97 bits per heavy atom. The number of aryl methyl sites for hydroxylation is 1. The summed E-state index contributed by atoms with van der Waals surface area (Å²) >= 11 is 6.27. The lowest BCUT2D eigenvalue weighted by Crippen LogP contribution is -2.40. The molecule has 4 rings (SSSR count). The number of aliphatic hydroxyl groups is 1. The van der Waals surface area contributed by atoms with Crippen molar-refractivity contribution in [3.05, 3.63) is 58.1 Å². The van der Waals surface area contributed by atoms with Gasteiger partial charge in [-0.15, -0.1) is 0 Å². The third kappa shape index (κ3) is 7.40. The van der Waals surface area contributed by atoms with Crippen LogP contribution in [0, 0.1) is 11.8 Å². The maximum atomic E-state index is 12.9. The van der Waals surface area contributed by atoms with Gasteiger partial charge in [-0.2, -0.15) is 0 Å². The quantitative estimate of drug-likeness (QED) is 0.471. The highest BCUT2D eigenvalue weighted by Crippen LogP contribution is 2.39. The molecule has 2 aliphatic rings. The summed E-state index contributed by atoms with van der Waals surface area (Å²) in [5.41, 5.74) is 3.28. The minimum absolute atomic E-state index is 0.0606. The summed E-state index contributed by atoms with van der Waals surface area (Å²) in [6.07, 6.45) is 5.14. The second-order valence-electron chi connectivity index (χ2n) is 10.2. The van der Waals surface area contributed by atoms with Gasteiger partial charge in [-0.05, 0) is 91.8 Å². The zero-order chi connectivity index (χ0) is 27.1. The summed E-state index contributed by atoms with van der Waals surface area (Å²) in [6, 6.07) is 10.9. The van der Waals surface area contributed by atoms with Crippen molar-refractivity contribution in [2.24, 2.45) is 11.8 Å². The Balaban J connectivity index is 1.64. The predicted octanol–water partition coefficient (Wildman–Crippen LogP) is 4.18. The highest BCUT2D eigenvalue weighted by molar-refractivity contribution is 7.90. The van der Waals surface area contributed by atoms with Gasteiger partial charge >= 0.3 is 0 Å². The lowest BCUT2D eigenvalue weighted by molar-refractivity contribution is 0.0628. The SMILES string of the molecule is COC[C@@H]1CC[C@H]1CN1CCCCc2cc(Cl)ccc2COc2ccc(C(=O)NS(=O)(=O)CCCO)cc21. The molecule has 1 aliphatic heterocycles. The van der Waals surface area contributed by atoms with E-state index in [1.165, 1.54) is 5.56 Å². The second kappa shape index (κ2) is 13.2. The summed E-state index contributed by atoms with van der Waals surface area (Å²) in [5.74, 6) is 0.606. The lowest BCUT2D eigenvalue weighted by Gasteiger charge is -2.40. The Labute approximate surface area is 230 Å². The van der Waals surface area contributed by atoms with Crippen LogP contribution in [0.4, 0.5) is 5.69 Å². The first-order chi connectivity index (χ1) is 18.3. The van der Waals surface area contributed by atoms with Gasteiger partial charge in [0.2, 0.25) is 10.0 Å². The number of carbonyl (C=O) groups excluding carboxylic acids is 1. The highest BCUT2D eigenvalue weighted by Gasteiger charge is 2.33. The summed E-state index contributed by atoms with van der Waals surface area (Å²) < 4.78 is 38.4. The molecule has 0 spiro atoms. The van der Waals surface area contributed by atoms with Gasteiger partial charge < -0.3 is 19.5 Å². The van der Waals surface area contributed by atoms with E-state index in [1.807, 2.05) is 18.2 Å². The zero-order valence-corrected chi connectivity index (χ0v) is 23.4. The summed E-state index contributed by atoms with van der Waals surface area (Å²) in [7, 11) is -2.12. The normalized spacial score (nSPS) is 19.8. The number of sulfonamides is 1. The predicted molar refractivity (Wildman–Crippen MR) is 148 cm³/mol. The molecule has 1 fully saturated rings. The van der Waals surface area contributed by atoms with Crippen molar-refractivity contribution in [3.63, 3.8) is 0 Å². The van der Waals surface area contributed by atoms with Crippen LogP contribution in [0.5, 0.6) is 5.75 Å². The fourth-order valence-corrected chi connectivity index (χ4v) is 6.39. The number of ether oxygens (including phenoxy) is 2. The van der Waals surface area contributed by atoms with Crippen molar-refractivity contribution in [1.82, 2.24) is 4.72 Å². The first-order valence-electron chi connectivity index (χ1n) is 13.2. The van der Waals surface area contributed by atoms with E-state index in [1.54, 1.807) is 25.3 Å². The maximum absolute atomic E-state index is 12.9. The molecule has 208 valence electrons. The Bertz CT molecular complexity index is 1220. The number of nitrogens with one attached hydrogen (secondary N) is 1.